The van der Waals surface area contributed by atoms with E-state index in [0.717, 1.165) is 27.7 Å². The molecule has 0 heterocycles. The Labute approximate surface area is 118 Å². The standard InChI is InChI=1S/C15H17ClN2O/c1-17-15-9-12(19-2)7-8-14(15)18-10-11-5-3-4-6-13(11)16/h3-9,17-18H,10H2,1-2H3. The van der Waals surface area contributed by atoms with Crippen molar-refractivity contribution in [3.8, 4) is 5.75 Å². The van der Waals surface area contributed by atoms with Gasteiger partial charge in [-0.25, -0.2) is 0 Å². The third kappa shape index (κ3) is 3.32. The van der Waals surface area contributed by atoms with Crippen molar-refractivity contribution in [1.82, 2.24) is 0 Å². The molecule has 0 aliphatic heterocycles. The molecule has 2 rings (SSSR count). The van der Waals surface area contributed by atoms with Crippen molar-refractivity contribution in [3.63, 3.8) is 0 Å². The van der Waals surface area contributed by atoms with Crippen LogP contribution in [0.1, 0.15) is 5.56 Å². The van der Waals surface area contributed by atoms with Crippen LogP contribution in [0, 0.1) is 0 Å². The van der Waals surface area contributed by atoms with Gasteiger partial charge in [0.1, 0.15) is 5.75 Å². The van der Waals surface area contributed by atoms with Gasteiger partial charge in [0.2, 0.25) is 0 Å². The summed E-state index contributed by atoms with van der Waals surface area (Å²) < 4.78 is 5.20. The molecule has 2 N–H and O–H groups in total. The molecule has 0 atom stereocenters. The van der Waals surface area contributed by atoms with Crippen molar-refractivity contribution in [2.24, 2.45) is 0 Å². The van der Waals surface area contributed by atoms with Gasteiger partial charge in [0.25, 0.3) is 0 Å². The van der Waals surface area contributed by atoms with E-state index < -0.39 is 0 Å². The summed E-state index contributed by atoms with van der Waals surface area (Å²) >= 11 is 6.14. The van der Waals surface area contributed by atoms with E-state index in [2.05, 4.69) is 10.6 Å². The summed E-state index contributed by atoms with van der Waals surface area (Å²) in [6.45, 7) is 0.681. The third-order valence-electron chi connectivity index (χ3n) is 2.92. The molecule has 0 aliphatic rings. The maximum absolute atomic E-state index is 6.14. The van der Waals surface area contributed by atoms with E-state index in [4.69, 9.17) is 16.3 Å². The first kappa shape index (κ1) is 13.6. The van der Waals surface area contributed by atoms with Crippen molar-refractivity contribution in [2.75, 3.05) is 24.8 Å². The summed E-state index contributed by atoms with van der Waals surface area (Å²) in [6.07, 6.45) is 0. The number of hydrogen-bond donors (Lipinski definition) is 2. The summed E-state index contributed by atoms with van der Waals surface area (Å²) in [5.41, 5.74) is 3.08. The number of anilines is 2. The minimum absolute atomic E-state index is 0.681. The second-order valence-corrected chi connectivity index (χ2v) is 4.51. The summed E-state index contributed by atoms with van der Waals surface area (Å²) in [6, 6.07) is 13.7. The van der Waals surface area contributed by atoms with Crippen LogP contribution in [0.4, 0.5) is 11.4 Å². The predicted octanol–water partition coefficient (Wildman–Crippen LogP) is 4.00. The van der Waals surface area contributed by atoms with Crippen molar-refractivity contribution in [3.05, 3.63) is 53.1 Å². The van der Waals surface area contributed by atoms with Crippen LogP contribution in [0.5, 0.6) is 5.75 Å². The molecule has 4 heteroatoms. The molecule has 0 saturated carbocycles. The summed E-state index contributed by atoms with van der Waals surface area (Å²) in [5, 5.41) is 7.29. The molecule has 2 aromatic rings. The Bertz CT molecular complexity index is 558. The minimum Gasteiger partial charge on any atom is -0.497 e. The van der Waals surface area contributed by atoms with Crippen LogP contribution in [-0.4, -0.2) is 14.2 Å². The highest BCUT2D eigenvalue weighted by Gasteiger charge is 2.04. The highest BCUT2D eigenvalue weighted by Crippen LogP contribution is 2.27. The van der Waals surface area contributed by atoms with E-state index in [1.54, 1.807) is 7.11 Å². The molecule has 0 aromatic heterocycles. The van der Waals surface area contributed by atoms with Crippen LogP contribution in [0.15, 0.2) is 42.5 Å². The number of rotatable bonds is 5. The normalized spacial score (nSPS) is 10.1. The molecule has 100 valence electrons. The van der Waals surface area contributed by atoms with Gasteiger partial charge in [0.15, 0.2) is 0 Å². The van der Waals surface area contributed by atoms with Crippen molar-refractivity contribution in [1.29, 1.82) is 0 Å². The lowest BCUT2D eigenvalue weighted by molar-refractivity contribution is 0.415. The lowest BCUT2D eigenvalue weighted by atomic mass is 10.2. The average Bonchev–Trinajstić information content (AvgIpc) is 2.46. The Kier molecular flexibility index (Phi) is 4.53. The summed E-state index contributed by atoms with van der Waals surface area (Å²) in [4.78, 5) is 0. The number of methoxy groups -OCH3 is 1. The van der Waals surface area contributed by atoms with Crippen LogP contribution in [0.3, 0.4) is 0 Å². The number of halogens is 1. The second kappa shape index (κ2) is 6.34. The summed E-state index contributed by atoms with van der Waals surface area (Å²) in [5.74, 6) is 0.827. The lowest BCUT2D eigenvalue weighted by Gasteiger charge is -2.13. The zero-order chi connectivity index (χ0) is 13.7. The Balaban J connectivity index is 2.13. The molecule has 0 amide bonds. The number of nitrogens with one attached hydrogen (secondary N) is 2. The van der Waals surface area contributed by atoms with Gasteiger partial charge in [0, 0.05) is 24.7 Å². The summed E-state index contributed by atoms with van der Waals surface area (Å²) in [7, 11) is 3.54. The molecule has 2 aromatic carbocycles. The number of ether oxygens (including phenoxy) is 1. The molecule has 0 unspecified atom stereocenters. The predicted molar refractivity (Wildman–Crippen MR) is 81.3 cm³/mol. The molecule has 0 spiro atoms. The van der Waals surface area contributed by atoms with Gasteiger partial charge in [-0.15, -0.1) is 0 Å². The van der Waals surface area contributed by atoms with E-state index in [1.165, 1.54) is 0 Å². The average molecular weight is 277 g/mol. The van der Waals surface area contributed by atoms with Crippen molar-refractivity contribution in [2.45, 2.75) is 6.54 Å². The molecular formula is C15H17ClN2O. The van der Waals surface area contributed by atoms with Crippen molar-refractivity contribution < 1.29 is 4.74 Å². The monoisotopic (exact) mass is 276 g/mol. The zero-order valence-corrected chi connectivity index (χ0v) is 11.8. The minimum atomic E-state index is 0.681. The smallest absolute Gasteiger partial charge is 0.121 e. The van der Waals surface area contributed by atoms with Crippen LogP contribution in [-0.2, 0) is 6.54 Å². The molecule has 3 nitrogen and oxygen atoms in total. The first-order valence-electron chi connectivity index (χ1n) is 6.07. The molecule has 0 bridgehead atoms. The van der Waals surface area contributed by atoms with Crippen LogP contribution >= 0.6 is 11.6 Å². The van der Waals surface area contributed by atoms with E-state index in [-0.39, 0.29) is 0 Å². The van der Waals surface area contributed by atoms with Gasteiger partial charge in [-0.3, -0.25) is 0 Å². The highest BCUT2D eigenvalue weighted by molar-refractivity contribution is 6.31. The fourth-order valence-corrected chi connectivity index (χ4v) is 2.05. The van der Waals surface area contributed by atoms with E-state index in [9.17, 15) is 0 Å². The third-order valence-corrected chi connectivity index (χ3v) is 3.29. The second-order valence-electron chi connectivity index (χ2n) is 4.11. The SMILES string of the molecule is CNc1cc(OC)ccc1NCc1ccccc1Cl. The highest BCUT2D eigenvalue weighted by atomic mass is 35.5. The first-order chi connectivity index (χ1) is 9.24. The Hall–Kier alpha value is -1.87. The maximum atomic E-state index is 6.14. The lowest BCUT2D eigenvalue weighted by Crippen LogP contribution is -2.03. The van der Waals surface area contributed by atoms with Crippen LogP contribution < -0.4 is 15.4 Å². The van der Waals surface area contributed by atoms with Gasteiger partial charge in [-0.2, -0.15) is 0 Å². The fraction of sp³-hybridized carbons (Fsp3) is 0.200. The van der Waals surface area contributed by atoms with Gasteiger partial charge in [0.05, 0.1) is 18.5 Å². The largest absolute Gasteiger partial charge is 0.497 e. The van der Waals surface area contributed by atoms with Crippen LogP contribution in [0.2, 0.25) is 5.02 Å². The topological polar surface area (TPSA) is 33.3 Å². The van der Waals surface area contributed by atoms with Gasteiger partial charge in [-0.1, -0.05) is 29.8 Å². The molecule has 0 aliphatic carbocycles. The zero-order valence-electron chi connectivity index (χ0n) is 11.0. The van der Waals surface area contributed by atoms with Gasteiger partial charge < -0.3 is 15.4 Å². The number of benzene rings is 2. The molecule has 0 fully saturated rings. The Morgan fingerprint density at radius 3 is 2.58 bits per heavy atom. The van der Waals surface area contributed by atoms with Gasteiger partial charge >= 0.3 is 0 Å². The quantitative estimate of drug-likeness (QED) is 0.866. The van der Waals surface area contributed by atoms with E-state index in [0.29, 0.717) is 6.54 Å². The molecular weight excluding hydrogens is 260 g/mol. The van der Waals surface area contributed by atoms with E-state index in [1.807, 2.05) is 49.5 Å². The number of hydrogen-bond acceptors (Lipinski definition) is 3. The van der Waals surface area contributed by atoms with E-state index >= 15 is 0 Å². The molecule has 0 radical (unpaired) electrons. The van der Waals surface area contributed by atoms with Crippen LogP contribution in [0.25, 0.3) is 0 Å². The Morgan fingerprint density at radius 2 is 1.89 bits per heavy atom. The maximum Gasteiger partial charge on any atom is 0.121 e. The first-order valence-corrected chi connectivity index (χ1v) is 6.45. The fourth-order valence-electron chi connectivity index (χ4n) is 1.84. The van der Waals surface area contributed by atoms with Crippen molar-refractivity contribution >= 4 is 23.0 Å². The van der Waals surface area contributed by atoms with Gasteiger partial charge in [-0.05, 0) is 23.8 Å². The molecule has 0 saturated heterocycles. The Morgan fingerprint density at radius 1 is 1.11 bits per heavy atom. The molecule has 19 heavy (non-hydrogen) atoms.